The minimum Gasteiger partial charge on any atom is -0.462 e. The first-order valence-electron chi connectivity index (χ1n) is 12.6. The molecular formula is C30H27ClN2O6. The summed E-state index contributed by atoms with van der Waals surface area (Å²) in [4.78, 5) is 52.1. The van der Waals surface area contributed by atoms with Crippen LogP contribution >= 0.6 is 11.6 Å². The van der Waals surface area contributed by atoms with Crippen molar-refractivity contribution in [2.75, 3.05) is 16.8 Å². The van der Waals surface area contributed by atoms with Gasteiger partial charge in [0.05, 0.1) is 23.4 Å². The van der Waals surface area contributed by atoms with Gasteiger partial charge in [0.15, 0.2) is 0 Å². The molecule has 3 aromatic carbocycles. The van der Waals surface area contributed by atoms with E-state index in [4.69, 9.17) is 21.1 Å². The lowest BCUT2D eigenvalue weighted by Crippen LogP contribution is -2.33. The fraction of sp³-hybridized carbons (Fsp3) is 0.200. The monoisotopic (exact) mass is 546 g/mol. The fourth-order valence-corrected chi connectivity index (χ4v) is 4.17. The van der Waals surface area contributed by atoms with Crippen molar-refractivity contribution < 1.29 is 28.7 Å². The van der Waals surface area contributed by atoms with Gasteiger partial charge in [-0.25, -0.2) is 14.5 Å². The third-order valence-electron chi connectivity index (χ3n) is 5.89. The van der Waals surface area contributed by atoms with Gasteiger partial charge in [0, 0.05) is 5.69 Å². The van der Waals surface area contributed by atoms with Crippen molar-refractivity contribution >= 4 is 46.7 Å². The maximum Gasteiger partial charge on any atom is 0.343 e. The van der Waals surface area contributed by atoms with Crippen LogP contribution < -0.4 is 15.0 Å². The average molecular weight is 547 g/mol. The second kappa shape index (κ2) is 12.4. The Kier molecular flexibility index (Phi) is 8.78. The molecule has 9 heteroatoms. The molecular weight excluding hydrogens is 520 g/mol. The number of anilines is 2. The number of ether oxygens (including phenoxy) is 2. The zero-order valence-corrected chi connectivity index (χ0v) is 22.3. The number of carbonyl (C=O) groups is 4. The third-order valence-corrected chi connectivity index (χ3v) is 6.24. The minimum absolute atomic E-state index is 0.0706. The zero-order valence-electron chi connectivity index (χ0n) is 21.5. The van der Waals surface area contributed by atoms with Crippen LogP contribution in [0.3, 0.4) is 0 Å². The Morgan fingerprint density at radius 1 is 0.846 bits per heavy atom. The molecule has 8 nitrogen and oxygen atoms in total. The first-order chi connectivity index (χ1) is 18.8. The normalized spacial score (nSPS) is 13.1. The van der Waals surface area contributed by atoms with Crippen molar-refractivity contribution in [3.63, 3.8) is 0 Å². The number of hydrogen-bond acceptors (Lipinski definition) is 7. The van der Waals surface area contributed by atoms with E-state index < -0.39 is 23.8 Å². The molecule has 0 bridgehead atoms. The van der Waals surface area contributed by atoms with Crippen LogP contribution in [0, 0.1) is 0 Å². The third kappa shape index (κ3) is 6.18. The number of nitrogens with one attached hydrogen (secondary N) is 1. The van der Waals surface area contributed by atoms with E-state index in [1.165, 1.54) is 29.8 Å². The summed E-state index contributed by atoms with van der Waals surface area (Å²) in [5, 5.41) is 2.53. The number of para-hydroxylation sites is 1. The summed E-state index contributed by atoms with van der Waals surface area (Å²) in [5.74, 6) is -2.24. The summed E-state index contributed by atoms with van der Waals surface area (Å²) >= 11 is 6.25. The largest absolute Gasteiger partial charge is 0.462 e. The lowest BCUT2D eigenvalue weighted by molar-refractivity contribution is -0.120. The van der Waals surface area contributed by atoms with E-state index in [0.717, 1.165) is 17.7 Å². The molecule has 200 valence electrons. The summed E-state index contributed by atoms with van der Waals surface area (Å²) < 4.78 is 10.6. The standard InChI is InChI=1S/C30H27ClN2O6/c1-3-7-19-10-16-22(17-11-19)39-29(36)20-12-14-21(15-13-20)32-26-25(31)27(34)33(28(26)35)24-9-6-5-8-23(24)30(37)38-18-4-2/h5-6,8-17,32H,3-4,7,18H2,1-2H3. The van der Waals surface area contributed by atoms with Gasteiger partial charge in [-0.05, 0) is 66.9 Å². The van der Waals surface area contributed by atoms with Crippen molar-refractivity contribution in [2.45, 2.75) is 33.1 Å². The summed E-state index contributed by atoms with van der Waals surface area (Å²) in [5.41, 5.74) is 1.88. The molecule has 1 N–H and O–H groups in total. The van der Waals surface area contributed by atoms with Crippen LogP contribution in [-0.4, -0.2) is 30.4 Å². The first-order valence-corrected chi connectivity index (χ1v) is 12.9. The predicted molar refractivity (Wildman–Crippen MR) is 148 cm³/mol. The van der Waals surface area contributed by atoms with Crippen LogP contribution in [0.25, 0.3) is 0 Å². The molecule has 2 amide bonds. The molecule has 0 spiro atoms. The number of hydrogen-bond donors (Lipinski definition) is 1. The van der Waals surface area contributed by atoms with E-state index in [1.807, 2.05) is 19.1 Å². The van der Waals surface area contributed by atoms with Gasteiger partial charge in [-0.15, -0.1) is 0 Å². The van der Waals surface area contributed by atoms with Gasteiger partial charge < -0.3 is 14.8 Å². The quantitative estimate of drug-likeness (QED) is 0.193. The number of imide groups is 1. The Morgan fingerprint density at radius 2 is 1.54 bits per heavy atom. The van der Waals surface area contributed by atoms with Crippen LogP contribution in [0.2, 0.25) is 0 Å². The Labute approximate surface area is 231 Å². The highest BCUT2D eigenvalue weighted by Gasteiger charge is 2.40. The fourth-order valence-electron chi connectivity index (χ4n) is 3.96. The highest BCUT2D eigenvalue weighted by Crippen LogP contribution is 2.32. The maximum absolute atomic E-state index is 13.2. The van der Waals surface area contributed by atoms with E-state index in [-0.39, 0.29) is 28.6 Å². The molecule has 39 heavy (non-hydrogen) atoms. The molecule has 1 aliphatic rings. The number of amides is 2. The number of halogens is 1. The topological polar surface area (TPSA) is 102 Å². The molecule has 0 radical (unpaired) electrons. The first kappa shape index (κ1) is 27.6. The molecule has 0 atom stereocenters. The molecule has 1 aliphatic heterocycles. The number of rotatable bonds is 10. The summed E-state index contributed by atoms with van der Waals surface area (Å²) in [6, 6.07) is 19.7. The van der Waals surface area contributed by atoms with Crippen LogP contribution in [0.4, 0.5) is 11.4 Å². The highest BCUT2D eigenvalue weighted by atomic mass is 35.5. The van der Waals surface area contributed by atoms with Gasteiger partial charge in [0.1, 0.15) is 16.5 Å². The molecule has 1 heterocycles. The summed E-state index contributed by atoms with van der Waals surface area (Å²) in [6.07, 6.45) is 2.60. The molecule has 0 aromatic heterocycles. The Morgan fingerprint density at radius 3 is 2.21 bits per heavy atom. The van der Waals surface area contributed by atoms with Gasteiger partial charge in [-0.3, -0.25) is 9.59 Å². The van der Waals surface area contributed by atoms with E-state index in [0.29, 0.717) is 23.4 Å². The summed E-state index contributed by atoms with van der Waals surface area (Å²) in [6.45, 7) is 4.16. The Bertz CT molecular complexity index is 1430. The maximum atomic E-state index is 13.2. The van der Waals surface area contributed by atoms with Gasteiger partial charge in [-0.1, -0.05) is 56.1 Å². The average Bonchev–Trinajstić information content (AvgIpc) is 3.16. The van der Waals surface area contributed by atoms with Crippen molar-refractivity contribution in [3.8, 4) is 5.75 Å². The SMILES string of the molecule is CCCOC(=O)c1ccccc1N1C(=O)C(Cl)=C(Nc2ccc(C(=O)Oc3ccc(CCC)cc3)cc2)C1=O. The number of aryl methyl sites for hydroxylation is 1. The van der Waals surface area contributed by atoms with Crippen LogP contribution in [0.5, 0.6) is 5.75 Å². The zero-order chi connectivity index (χ0) is 27.9. The van der Waals surface area contributed by atoms with Gasteiger partial charge in [0.2, 0.25) is 0 Å². The van der Waals surface area contributed by atoms with Gasteiger partial charge in [0.25, 0.3) is 11.8 Å². The summed E-state index contributed by atoms with van der Waals surface area (Å²) in [7, 11) is 0. The predicted octanol–water partition coefficient (Wildman–Crippen LogP) is 5.86. The Hall–Kier alpha value is -4.43. The molecule has 0 fully saturated rings. The Balaban J connectivity index is 1.46. The number of benzene rings is 3. The van der Waals surface area contributed by atoms with Gasteiger partial charge in [-0.2, -0.15) is 0 Å². The van der Waals surface area contributed by atoms with Crippen LogP contribution in [0.1, 0.15) is 53.0 Å². The van der Waals surface area contributed by atoms with Crippen LogP contribution in [-0.2, 0) is 20.7 Å². The molecule has 0 unspecified atom stereocenters. The van der Waals surface area contributed by atoms with Crippen LogP contribution in [0.15, 0.2) is 83.5 Å². The minimum atomic E-state index is -0.773. The van der Waals surface area contributed by atoms with E-state index in [1.54, 1.807) is 36.4 Å². The number of nitrogens with zero attached hydrogens (tertiary/aromatic N) is 1. The van der Waals surface area contributed by atoms with Crippen molar-refractivity contribution in [1.29, 1.82) is 0 Å². The van der Waals surface area contributed by atoms with Crippen molar-refractivity contribution in [3.05, 3.63) is 100 Å². The molecule has 3 aromatic rings. The van der Waals surface area contributed by atoms with Gasteiger partial charge >= 0.3 is 11.9 Å². The smallest absolute Gasteiger partial charge is 0.343 e. The molecule has 0 aliphatic carbocycles. The second-order valence-electron chi connectivity index (χ2n) is 8.77. The number of esters is 2. The van der Waals surface area contributed by atoms with E-state index >= 15 is 0 Å². The lowest BCUT2D eigenvalue weighted by Gasteiger charge is -2.18. The molecule has 4 rings (SSSR count). The molecule has 0 saturated carbocycles. The van der Waals surface area contributed by atoms with E-state index in [9.17, 15) is 19.2 Å². The highest BCUT2D eigenvalue weighted by molar-refractivity contribution is 6.53. The number of carbonyl (C=O) groups excluding carboxylic acids is 4. The van der Waals surface area contributed by atoms with Crippen molar-refractivity contribution in [2.24, 2.45) is 0 Å². The lowest BCUT2D eigenvalue weighted by atomic mass is 10.1. The second-order valence-corrected chi connectivity index (χ2v) is 9.15. The van der Waals surface area contributed by atoms with E-state index in [2.05, 4.69) is 12.2 Å². The van der Waals surface area contributed by atoms with Crippen molar-refractivity contribution in [1.82, 2.24) is 0 Å². The molecule has 0 saturated heterocycles.